The molecule has 2 heterocycles. The minimum atomic E-state index is -0.973. The van der Waals surface area contributed by atoms with Crippen LogP contribution in [0.2, 0.25) is 0 Å². The molecule has 2 aromatic carbocycles. The first kappa shape index (κ1) is 20.9. The molecule has 1 atom stereocenters. The number of nitrogens with one attached hydrogen (secondary N) is 1. The minimum absolute atomic E-state index is 0.239. The van der Waals surface area contributed by atoms with E-state index in [4.69, 9.17) is 10.5 Å². The van der Waals surface area contributed by atoms with E-state index in [1.165, 1.54) is 0 Å². The van der Waals surface area contributed by atoms with E-state index in [9.17, 15) is 15.2 Å². The lowest BCUT2D eigenvalue weighted by Gasteiger charge is -2.32. The van der Waals surface area contributed by atoms with Crippen molar-refractivity contribution >= 4 is 16.7 Å². The van der Waals surface area contributed by atoms with Crippen LogP contribution in [0.1, 0.15) is 18.4 Å². The number of amides is 1. The van der Waals surface area contributed by atoms with Crippen LogP contribution in [-0.2, 0) is 23.0 Å². The number of nitrogens with zero attached hydrogens (tertiary/aromatic N) is 2. The highest BCUT2D eigenvalue weighted by molar-refractivity contribution is 5.91. The number of hydrogen-bond acceptors (Lipinski definition) is 5. The summed E-state index contributed by atoms with van der Waals surface area (Å²) < 4.78 is 6.98. The Hall–Kier alpha value is -3.34. The van der Waals surface area contributed by atoms with E-state index in [1.54, 1.807) is 4.57 Å². The minimum Gasteiger partial charge on any atom is -0.494 e. The molecule has 3 aromatic rings. The SMILES string of the molecule is Cn1cc2ccc(-c3ccc(C[C@@H](C#N)NC(=O)C4(N)CCOCC4)cc3)cc2c1O. The Morgan fingerprint density at radius 1 is 1.26 bits per heavy atom. The number of rotatable bonds is 5. The fraction of sp³-hybridized carbons (Fsp3) is 0.333. The molecule has 0 bridgehead atoms. The van der Waals surface area contributed by atoms with E-state index in [0.29, 0.717) is 32.5 Å². The zero-order valence-corrected chi connectivity index (χ0v) is 17.5. The molecule has 0 unspecified atom stereocenters. The van der Waals surface area contributed by atoms with Crippen LogP contribution in [0.5, 0.6) is 5.88 Å². The normalized spacial score (nSPS) is 16.5. The van der Waals surface area contributed by atoms with Crippen molar-refractivity contribution in [1.82, 2.24) is 9.88 Å². The molecule has 0 radical (unpaired) electrons. The first-order chi connectivity index (χ1) is 14.9. The predicted molar refractivity (Wildman–Crippen MR) is 118 cm³/mol. The van der Waals surface area contributed by atoms with Crippen molar-refractivity contribution in [3.05, 3.63) is 54.2 Å². The van der Waals surface area contributed by atoms with Crippen molar-refractivity contribution in [2.75, 3.05) is 13.2 Å². The van der Waals surface area contributed by atoms with Gasteiger partial charge >= 0.3 is 0 Å². The van der Waals surface area contributed by atoms with Gasteiger partial charge in [0.25, 0.3) is 0 Å². The second kappa shape index (κ2) is 8.42. The summed E-state index contributed by atoms with van der Waals surface area (Å²) in [6, 6.07) is 15.3. The predicted octanol–water partition coefficient (Wildman–Crippen LogP) is 2.61. The van der Waals surface area contributed by atoms with E-state index >= 15 is 0 Å². The quantitative estimate of drug-likeness (QED) is 0.589. The van der Waals surface area contributed by atoms with Crippen LogP contribution in [0.25, 0.3) is 21.9 Å². The molecule has 7 nitrogen and oxygen atoms in total. The second-order valence-corrected chi connectivity index (χ2v) is 8.19. The second-order valence-electron chi connectivity index (χ2n) is 8.19. The van der Waals surface area contributed by atoms with Gasteiger partial charge in [0.05, 0.1) is 11.6 Å². The van der Waals surface area contributed by atoms with Gasteiger partial charge in [0.15, 0.2) is 5.88 Å². The first-order valence-corrected chi connectivity index (χ1v) is 10.3. The molecule has 1 aromatic heterocycles. The molecule has 0 aliphatic carbocycles. The van der Waals surface area contributed by atoms with E-state index < -0.39 is 11.6 Å². The Kier molecular flexibility index (Phi) is 5.68. The first-order valence-electron chi connectivity index (χ1n) is 10.3. The van der Waals surface area contributed by atoms with Crippen molar-refractivity contribution in [2.24, 2.45) is 12.8 Å². The molecule has 31 heavy (non-hydrogen) atoms. The largest absolute Gasteiger partial charge is 0.494 e. The Morgan fingerprint density at radius 3 is 2.61 bits per heavy atom. The van der Waals surface area contributed by atoms with Gasteiger partial charge in [-0.25, -0.2) is 0 Å². The monoisotopic (exact) mass is 418 g/mol. The third kappa shape index (κ3) is 4.26. The van der Waals surface area contributed by atoms with E-state index in [1.807, 2.05) is 55.7 Å². The molecule has 1 amide bonds. The standard InChI is InChI=1S/C24H26N4O3/c1-28-15-19-7-6-18(13-21(19)22(28)29)17-4-2-16(3-5-17)12-20(14-25)27-23(30)24(26)8-10-31-11-9-24/h2-7,13,15,20,29H,8-12,26H2,1H3,(H,27,30)/t20-/m0/s1. The topological polar surface area (TPSA) is 113 Å². The van der Waals surface area contributed by atoms with Gasteiger partial charge < -0.3 is 25.5 Å². The van der Waals surface area contributed by atoms with Gasteiger partial charge in [0, 0.05) is 43.7 Å². The van der Waals surface area contributed by atoms with Crippen LogP contribution in [0.4, 0.5) is 0 Å². The summed E-state index contributed by atoms with van der Waals surface area (Å²) in [5.41, 5.74) is 8.19. The molecular weight excluding hydrogens is 392 g/mol. The average molecular weight is 418 g/mol. The van der Waals surface area contributed by atoms with Crippen molar-refractivity contribution in [3.8, 4) is 23.1 Å². The van der Waals surface area contributed by atoms with Gasteiger partial charge in [0.2, 0.25) is 5.91 Å². The van der Waals surface area contributed by atoms with Crippen LogP contribution in [0.3, 0.4) is 0 Å². The van der Waals surface area contributed by atoms with Crippen LogP contribution in [0, 0.1) is 11.3 Å². The number of carbonyl (C=O) groups is 1. The maximum Gasteiger partial charge on any atom is 0.241 e. The summed E-state index contributed by atoms with van der Waals surface area (Å²) in [5, 5.41) is 24.3. The lowest BCUT2D eigenvalue weighted by atomic mass is 9.90. The average Bonchev–Trinajstić information content (AvgIpc) is 3.07. The highest BCUT2D eigenvalue weighted by atomic mass is 16.5. The Morgan fingerprint density at radius 2 is 1.94 bits per heavy atom. The summed E-state index contributed by atoms with van der Waals surface area (Å²) in [5.74, 6) is -0.0572. The molecule has 160 valence electrons. The van der Waals surface area contributed by atoms with Crippen LogP contribution >= 0.6 is 0 Å². The molecule has 1 fully saturated rings. The van der Waals surface area contributed by atoms with Crippen LogP contribution in [-0.4, -0.2) is 40.4 Å². The fourth-order valence-corrected chi connectivity index (χ4v) is 3.96. The fourth-order valence-electron chi connectivity index (χ4n) is 3.96. The Labute approximate surface area is 181 Å². The number of nitriles is 1. The third-order valence-electron chi connectivity index (χ3n) is 5.99. The van der Waals surface area contributed by atoms with E-state index in [0.717, 1.165) is 27.5 Å². The number of ether oxygens (including phenoxy) is 1. The molecule has 7 heteroatoms. The molecule has 1 aliphatic heterocycles. The van der Waals surface area contributed by atoms with Gasteiger partial charge in [0.1, 0.15) is 6.04 Å². The van der Waals surface area contributed by atoms with Crippen molar-refractivity contribution in [1.29, 1.82) is 5.26 Å². The lowest BCUT2D eigenvalue weighted by molar-refractivity contribution is -0.130. The number of carbonyl (C=O) groups excluding carboxylic acids is 1. The highest BCUT2D eigenvalue weighted by Gasteiger charge is 2.36. The summed E-state index contributed by atoms with van der Waals surface area (Å²) in [4.78, 5) is 12.6. The molecule has 0 saturated carbocycles. The van der Waals surface area contributed by atoms with Crippen LogP contribution < -0.4 is 11.1 Å². The number of hydrogen-bond donors (Lipinski definition) is 3. The van der Waals surface area contributed by atoms with Gasteiger partial charge in [-0.15, -0.1) is 0 Å². The number of aromatic nitrogens is 1. The van der Waals surface area contributed by atoms with Gasteiger partial charge in [-0.3, -0.25) is 4.79 Å². The van der Waals surface area contributed by atoms with Crippen molar-refractivity contribution in [3.63, 3.8) is 0 Å². The smallest absolute Gasteiger partial charge is 0.241 e. The molecule has 4 N–H and O–H groups in total. The number of fused-ring (bicyclic) bond motifs is 1. The van der Waals surface area contributed by atoms with E-state index in [-0.39, 0.29) is 11.8 Å². The van der Waals surface area contributed by atoms with Crippen molar-refractivity contribution < 1.29 is 14.6 Å². The summed E-state index contributed by atoms with van der Waals surface area (Å²) in [7, 11) is 1.81. The van der Waals surface area contributed by atoms with Gasteiger partial charge in [-0.2, -0.15) is 5.26 Å². The molecular formula is C24H26N4O3. The summed E-state index contributed by atoms with van der Waals surface area (Å²) in [6.07, 6.45) is 3.19. The molecule has 1 saturated heterocycles. The lowest BCUT2D eigenvalue weighted by Crippen LogP contribution is -2.58. The molecule has 0 spiro atoms. The maximum atomic E-state index is 12.6. The zero-order chi connectivity index (χ0) is 22.0. The number of aromatic hydroxyl groups is 1. The Balaban J connectivity index is 1.45. The van der Waals surface area contributed by atoms with Crippen LogP contribution in [0.15, 0.2) is 48.7 Å². The Bertz CT molecular complexity index is 1140. The maximum absolute atomic E-state index is 12.6. The van der Waals surface area contributed by atoms with Gasteiger partial charge in [-0.05, 0) is 35.6 Å². The zero-order valence-electron chi connectivity index (χ0n) is 17.5. The number of benzene rings is 2. The summed E-state index contributed by atoms with van der Waals surface area (Å²) in [6.45, 7) is 0.907. The number of aryl methyl sites for hydroxylation is 1. The molecule has 1 aliphatic rings. The van der Waals surface area contributed by atoms with Crippen molar-refractivity contribution in [2.45, 2.75) is 30.8 Å². The highest BCUT2D eigenvalue weighted by Crippen LogP contribution is 2.31. The molecule has 4 rings (SSSR count). The van der Waals surface area contributed by atoms with E-state index in [2.05, 4.69) is 11.4 Å². The third-order valence-corrected chi connectivity index (χ3v) is 5.99. The number of nitrogens with two attached hydrogens (primary N) is 1. The summed E-state index contributed by atoms with van der Waals surface area (Å²) >= 11 is 0. The van der Waals surface area contributed by atoms with Gasteiger partial charge in [-0.1, -0.05) is 36.4 Å².